The van der Waals surface area contributed by atoms with Crippen LogP contribution in [0.15, 0.2) is 16.8 Å². The van der Waals surface area contributed by atoms with Gasteiger partial charge in [0.05, 0.1) is 5.60 Å². The molecule has 2 rings (SSSR count). The van der Waals surface area contributed by atoms with E-state index in [1.165, 1.54) is 18.4 Å². The zero-order valence-corrected chi connectivity index (χ0v) is 10.0. The molecule has 0 radical (unpaired) electrons. The first-order valence-electron chi connectivity index (χ1n) is 5.67. The van der Waals surface area contributed by atoms with E-state index < -0.39 is 5.60 Å². The zero-order valence-electron chi connectivity index (χ0n) is 9.20. The highest BCUT2D eigenvalue weighted by Crippen LogP contribution is 2.29. The van der Waals surface area contributed by atoms with Crippen molar-refractivity contribution in [3.63, 3.8) is 0 Å². The van der Waals surface area contributed by atoms with Crippen LogP contribution in [0.2, 0.25) is 0 Å². The van der Waals surface area contributed by atoms with Gasteiger partial charge in [0, 0.05) is 12.6 Å². The molecule has 1 heterocycles. The molecule has 0 bridgehead atoms. The number of hydrogen-bond acceptors (Lipinski definition) is 3. The van der Waals surface area contributed by atoms with Gasteiger partial charge in [0.15, 0.2) is 0 Å². The predicted molar refractivity (Wildman–Crippen MR) is 64.2 cm³/mol. The molecule has 1 aliphatic rings. The molecule has 1 saturated carbocycles. The molecule has 1 aliphatic carbocycles. The molecule has 3 heteroatoms. The Morgan fingerprint density at radius 1 is 1.53 bits per heavy atom. The lowest BCUT2D eigenvalue weighted by Gasteiger charge is -2.24. The summed E-state index contributed by atoms with van der Waals surface area (Å²) in [5.74, 6) is 0. The molecule has 1 aromatic heterocycles. The van der Waals surface area contributed by atoms with Crippen molar-refractivity contribution in [2.24, 2.45) is 0 Å². The Labute approximate surface area is 95.3 Å². The van der Waals surface area contributed by atoms with Crippen LogP contribution in [-0.2, 0) is 0 Å². The summed E-state index contributed by atoms with van der Waals surface area (Å²) in [5.41, 5.74) is 0.881. The largest absolute Gasteiger partial charge is 0.389 e. The van der Waals surface area contributed by atoms with Crippen LogP contribution in [0.5, 0.6) is 0 Å². The summed E-state index contributed by atoms with van der Waals surface area (Å²) >= 11 is 1.72. The standard InChI is InChI=1S/C12H19NOS/c1-10(11-4-7-15-8-11)13-9-12(14)5-2-3-6-12/h4,7-8,10,13-14H,2-3,5-6,9H2,1H3. The first-order chi connectivity index (χ1) is 7.20. The fraction of sp³-hybridized carbons (Fsp3) is 0.667. The summed E-state index contributed by atoms with van der Waals surface area (Å²) in [7, 11) is 0. The van der Waals surface area contributed by atoms with Crippen molar-refractivity contribution in [1.82, 2.24) is 5.32 Å². The lowest BCUT2D eigenvalue weighted by Crippen LogP contribution is -2.38. The number of hydrogen-bond donors (Lipinski definition) is 2. The van der Waals surface area contributed by atoms with Gasteiger partial charge < -0.3 is 10.4 Å². The normalized spacial score (nSPS) is 21.7. The zero-order chi connectivity index (χ0) is 10.7. The quantitative estimate of drug-likeness (QED) is 0.826. The van der Waals surface area contributed by atoms with E-state index in [1.807, 2.05) is 0 Å². The molecule has 2 N–H and O–H groups in total. The third kappa shape index (κ3) is 2.80. The maximum absolute atomic E-state index is 10.2. The van der Waals surface area contributed by atoms with Gasteiger partial charge in [-0.15, -0.1) is 0 Å². The van der Waals surface area contributed by atoms with Crippen LogP contribution >= 0.6 is 11.3 Å². The molecule has 1 fully saturated rings. The number of rotatable bonds is 4. The highest BCUT2D eigenvalue weighted by molar-refractivity contribution is 7.07. The van der Waals surface area contributed by atoms with Gasteiger partial charge in [0.2, 0.25) is 0 Å². The highest BCUT2D eigenvalue weighted by atomic mass is 32.1. The summed E-state index contributed by atoms with van der Waals surface area (Å²) in [6.45, 7) is 2.88. The Balaban J connectivity index is 1.83. The number of nitrogens with one attached hydrogen (secondary N) is 1. The van der Waals surface area contributed by atoms with Crippen LogP contribution in [0.4, 0.5) is 0 Å². The second kappa shape index (κ2) is 4.64. The maximum Gasteiger partial charge on any atom is 0.0771 e. The lowest BCUT2D eigenvalue weighted by atomic mass is 10.0. The second-order valence-corrected chi connectivity index (χ2v) is 5.37. The molecule has 0 aliphatic heterocycles. The summed E-state index contributed by atoms with van der Waals surface area (Å²) in [4.78, 5) is 0. The molecule has 1 aromatic rings. The van der Waals surface area contributed by atoms with E-state index in [9.17, 15) is 5.11 Å². The Morgan fingerprint density at radius 3 is 2.87 bits per heavy atom. The Hall–Kier alpha value is -0.380. The second-order valence-electron chi connectivity index (χ2n) is 4.59. The van der Waals surface area contributed by atoms with Crippen LogP contribution in [0.25, 0.3) is 0 Å². The van der Waals surface area contributed by atoms with Crippen LogP contribution in [0.3, 0.4) is 0 Å². The van der Waals surface area contributed by atoms with Gasteiger partial charge in [-0.05, 0) is 42.2 Å². The molecular formula is C12H19NOS. The topological polar surface area (TPSA) is 32.3 Å². The van der Waals surface area contributed by atoms with E-state index in [4.69, 9.17) is 0 Å². The van der Waals surface area contributed by atoms with E-state index >= 15 is 0 Å². The van der Waals surface area contributed by atoms with Crippen molar-refractivity contribution in [2.45, 2.75) is 44.2 Å². The van der Waals surface area contributed by atoms with Crippen molar-refractivity contribution in [3.8, 4) is 0 Å². The SMILES string of the molecule is CC(NCC1(O)CCCC1)c1ccsc1. The smallest absolute Gasteiger partial charge is 0.0771 e. The van der Waals surface area contributed by atoms with E-state index in [1.54, 1.807) is 11.3 Å². The van der Waals surface area contributed by atoms with Gasteiger partial charge in [-0.25, -0.2) is 0 Å². The monoisotopic (exact) mass is 225 g/mol. The molecule has 2 nitrogen and oxygen atoms in total. The molecule has 1 atom stereocenters. The third-order valence-corrected chi connectivity index (χ3v) is 4.02. The molecule has 0 saturated heterocycles. The van der Waals surface area contributed by atoms with E-state index in [0.29, 0.717) is 6.04 Å². The first kappa shape index (κ1) is 11.1. The van der Waals surface area contributed by atoms with Crippen molar-refractivity contribution in [3.05, 3.63) is 22.4 Å². The molecular weight excluding hydrogens is 206 g/mol. The van der Waals surface area contributed by atoms with Gasteiger partial charge in [-0.2, -0.15) is 11.3 Å². The minimum Gasteiger partial charge on any atom is -0.389 e. The summed E-state index contributed by atoms with van der Waals surface area (Å²) in [5, 5.41) is 17.9. The molecule has 84 valence electrons. The van der Waals surface area contributed by atoms with Crippen molar-refractivity contribution in [2.75, 3.05) is 6.54 Å². The average Bonchev–Trinajstić information content (AvgIpc) is 2.85. The predicted octanol–water partition coefficient (Wildman–Crippen LogP) is 2.70. The average molecular weight is 225 g/mol. The Kier molecular flexibility index (Phi) is 3.44. The first-order valence-corrected chi connectivity index (χ1v) is 6.62. The van der Waals surface area contributed by atoms with Crippen molar-refractivity contribution >= 4 is 11.3 Å². The van der Waals surface area contributed by atoms with Crippen LogP contribution in [-0.4, -0.2) is 17.3 Å². The molecule has 0 spiro atoms. The van der Waals surface area contributed by atoms with Crippen molar-refractivity contribution < 1.29 is 5.11 Å². The fourth-order valence-corrected chi connectivity index (χ4v) is 2.95. The van der Waals surface area contributed by atoms with Gasteiger partial charge in [0.25, 0.3) is 0 Å². The van der Waals surface area contributed by atoms with E-state index in [-0.39, 0.29) is 0 Å². The van der Waals surface area contributed by atoms with Gasteiger partial charge in [-0.1, -0.05) is 12.8 Å². The molecule has 15 heavy (non-hydrogen) atoms. The summed E-state index contributed by atoms with van der Waals surface area (Å²) < 4.78 is 0. The fourth-order valence-electron chi connectivity index (χ4n) is 2.19. The molecule has 1 unspecified atom stereocenters. The third-order valence-electron chi connectivity index (χ3n) is 3.31. The summed E-state index contributed by atoms with van der Waals surface area (Å²) in [6, 6.07) is 2.49. The Bertz CT molecular complexity index is 291. The van der Waals surface area contributed by atoms with Crippen LogP contribution in [0, 0.1) is 0 Å². The van der Waals surface area contributed by atoms with Crippen LogP contribution < -0.4 is 5.32 Å². The van der Waals surface area contributed by atoms with E-state index in [0.717, 1.165) is 19.4 Å². The lowest BCUT2D eigenvalue weighted by molar-refractivity contribution is 0.0453. The summed E-state index contributed by atoms with van der Waals surface area (Å²) in [6.07, 6.45) is 4.25. The molecule has 0 amide bonds. The van der Waals surface area contributed by atoms with Crippen LogP contribution in [0.1, 0.15) is 44.2 Å². The minimum absolute atomic E-state index is 0.348. The number of aliphatic hydroxyl groups is 1. The maximum atomic E-state index is 10.2. The number of thiophene rings is 1. The van der Waals surface area contributed by atoms with Gasteiger partial charge in [0.1, 0.15) is 0 Å². The minimum atomic E-state index is -0.440. The van der Waals surface area contributed by atoms with Crippen molar-refractivity contribution in [1.29, 1.82) is 0 Å². The highest BCUT2D eigenvalue weighted by Gasteiger charge is 2.30. The molecule has 0 aromatic carbocycles. The van der Waals surface area contributed by atoms with Gasteiger partial charge in [-0.3, -0.25) is 0 Å². The Morgan fingerprint density at radius 2 is 2.27 bits per heavy atom. The van der Waals surface area contributed by atoms with Gasteiger partial charge >= 0.3 is 0 Å². The van der Waals surface area contributed by atoms with E-state index in [2.05, 4.69) is 29.1 Å².